The van der Waals surface area contributed by atoms with Crippen LogP contribution in [0.5, 0.6) is 5.75 Å². The number of para-hydroxylation sites is 1. The molecule has 4 rings (SSSR count). The van der Waals surface area contributed by atoms with Gasteiger partial charge in [0.2, 0.25) is 11.0 Å². The number of benzene rings is 1. The highest BCUT2D eigenvalue weighted by molar-refractivity contribution is 8.00. The number of amides is 1. The zero-order valence-electron chi connectivity index (χ0n) is 16.9. The summed E-state index contributed by atoms with van der Waals surface area (Å²) in [5, 5.41) is 21.8. The van der Waals surface area contributed by atoms with Crippen molar-refractivity contribution in [1.82, 2.24) is 25.0 Å². The Morgan fingerprint density at radius 1 is 1.33 bits per heavy atom. The summed E-state index contributed by atoms with van der Waals surface area (Å²) in [6, 6.07) is 7.59. The van der Waals surface area contributed by atoms with E-state index in [1.807, 2.05) is 45.2 Å². The summed E-state index contributed by atoms with van der Waals surface area (Å²) < 4.78 is 13.1. The molecule has 30 heavy (non-hydrogen) atoms. The second-order valence-corrected chi connectivity index (χ2v) is 8.83. The van der Waals surface area contributed by atoms with Gasteiger partial charge in [-0.05, 0) is 25.5 Å². The summed E-state index contributed by atoms with van der Waals surface area (Å²) in [6.45, 7) is 3.80. The van der Waals surface area contributed by atoms with Crippen molar-refractivity contribution in [2.75, 3.05) is 12.4 Å². The van der Waals surface area contributed by atoms with E-state index in [-0.39, 0.29) is 5.91 Å². The minimum absolute atomic E-state index is 0.170. The number of ether oxygens (including phenoxy) is 1. The molecule has 3 aromatic heterocycles. The van der Waals surface area contributed by atoms with Gasteiger partial charge >= 0.3 is 0 Å². The van der Waals surface area contributed by atoms with Crippen LogP contribution < -0.4 is 10.1 Å². The predicted octanol–water partition coefficient (Wildman–Crippen LogP) is 3.77. The van der Waals surface area contributed by atoms with Crippen LogP contribution in [0.2, 0.25) is 0 Å². The first kappa shape index (κ1) is 20.4. The van der Waals surface area contributed by atoms with Crippen molar-refractivity contribution in [3.8, 4) is 17.3 Å². The first-order valence-electron chi connectivity index (χ1n) is 9.26. The molecule has 0 aliphatic heterocycles. The van der Waals surface area contributed by atoms with Gasteiger partial charge in [0.1, 0.15) is 5.01 Å². The van der Waals surface area contributed by atoms with E-state index in [0.29, 0.717) is 33.2 Å². The number of hydrogen-bond acceptors (Lipinski definition) is 9. The normalized spacial score (nSPS) is 12.3. The van der Waals surface area contributed by atoms with Gasteiger partial charge < -0.3 is 13.7 Å². The molecule has 0 aliphatic rings. The van der Waals surface area contributed by atoms with E-state index in [1.54, 1.807) is 11.7 Å². The van der Waals surface area contributed by atoms with Gasteiger partial charge in [0.25, 0.3) is 0 Å². The van der Waals surface area contributed by atoms with Crippen LogP contribution in [0.25, 0.3) is 22.6 Å². The first-order chi connectivity index (χ1) is 14.5. The van der Waals surface area contributed by atoms with Crippen molar-refractivity contribution >= 4 is 45.1 Å². The molecule has 4 aromatic rings. The fourth-order valence-electron chi connectivity index (χ4n) is 2.81. The van der Waals surface area contributed by atoms with Crippen LogP contribution >= 0.6 is 23.1 Å². The number of aryl methyl sites for hydroxylation is 1. The minimum Gasteiger partial charge on any atom is -0.493 e. The average Bonchev–Trinajstić information content (AvgIpc) is 3.46. The van der Waals surface area contributed by atoms with Gasteiger partial charge in [-0.3, -0.25) is 10.1 Å². The van der Waals surface area contributed by atoms with Gasteiger partial charge in [0.15, 0.2) is 28.1 Å². The van der Waals surface area contributed by atoms with E-state index in [4.69, 9.17) is 9.15 Å². The molecule has 0 radical (unpaired) electrons. The van der Waals surface area contributed by atoms with Crippen molar-refractivity contribution < 1.29 is 13.9 Å². The lowest BCUT2D eigenvalue weighted by molar-refractivity contribution is -0.115. The molecule has 1 N–H and O–H groups in total. The highest BCUT2D eigenvalue weighted by Crippen LogP contribution is 2.34. The Morgan fingerprint density at radius 2 is 2.17 bits per heavy atom. The molecule has 0 fully saturated rings. The lowest BCUT2D eigenvalue weighted by Gasteiger charge is -2.09. The summed E-state index contributed by atoms with van der Waals surface area (Å²) >= 11 is 2.68. The minimum atomic E-state index is -0.398. The van der Waals surface area contributed by atoms with Crippen LogP contribution in [0.1, 0.15) is 18.9 Å². The molecular formula is C19H20N6O3S2. The molecule has 156 valence electrons. The molecule has 0 spiro atoms. The van der Waals surface area contributed by atoms with Crippen LogP contribution in [-0.4, -0.2) is 43.2 Å². The number of rotatable bonds is 7. The van der Waals surface area contributed by atoms with Gasteiger partial charge in [-0.1, -0.05) is 42.2 Å². The second-order valence-electron chi connectivity index (χ2n) is 6.46. The third-order valence-corrected chi connectivity index (χ3v) is 6.55. The second kappa shape index (κ2) is 8.44. The third kappa shape index (κ3) is 3.90. The summed E-state index contributed by atoms with van der Waals surface area (Å²) in [6.07, 6.45) is 0.785. The zero-order valence-corrected chi connectivity index (χ0v) is 18.5. The Hall–Kier alpha value is -2.92. The third-order valence-electron chi connectivity index (χ3n) is 4.43. The predicted molar refractivity (Wildman–Crippen MR) is 116 cm³/mol. The highest BCUT2D eigenvalue weighted by Gasteiger charge is 2.22. The number of thioether (sulfide) groups is 1. The van der Waals surface area contributed by atoms with Crippen LogP contribution in [0, 0.1) is 0 Å². The van der Waals surface area contributed by atoms with Gasteiger partial charge in [-0.2, -0.15) is 0 Å². The Labute approximate surface area is 180 Å². The first-order valence-corrected chi connectivity index (χ1v) is 11.0. The van der Waals surface area contributed by atoms with Crippen LogP contribution in [0.4, 0.5) is 5.13 Å². The summed E-state index contributed by atoms with van der Waals surface area (Å²) in [5.41, 5.74) is 0.656. The maximum absolute atomic E-state index is 12.5. The quantitative estimate of drug-likeness (QED) is 0.429. The summed E-state index contributed by atoms with van der Waals surface area (Å²) in [5.74, 6) is 1.63. The van der Waals surface area contributed by atoms with Gasteiger partial charge in [-0.25, -0.2) is 0 Å². The lowest BCUT2D eigenvalue weighted by atomic mass is 10.2. The number of furan rings is 1. The molecule has 9 nitrogen and oxygen atoms in total. The van der Waals surface area contributed by atoms with E-state index < -0.39 is 5.25 Å². The van der Waals surface area contributed by atoms with Crippen molar-refractivity contribution in [1.29, 1.82) is 0 Å². The standard InChI is InChI=1S/C19H20N6O3S2/c1-5-14-21-23-18(30-14)20-17(26)10(2)29-19-24-22-16(25(19)3)13-9-11-7-6-8-12(27-4)15(11)28-13/h6-10H,5H2,1-4H3,(H,20,23,26). The number of carbonyl (C=O) groups excluding carboxylic acids is 1. The summed E-state index contributed by atoms with van der Waals surface area (Å²) in [4.78, 5) is 12.5. The number of anilines is 1. The average molecular weight is 445 g/mol. The number of fused-ring (bicyclic) bond motifs is 1. The molecule has 0 bridgehead atoms. The molecule has 0 aliphatic carbocycles. The molecular weight excluding hydrogens is 424 g/mol. The number of nitrogens with zero attached hydrogens (tertiary/aromatic N) is 5. The van der Waals surface area contributed by atoms with Crippen molar-refractivity contribution in [2.45, 2.75) is 30.7 Å². The smallest absolute Gasteiger partial charge is 0.239 e. The SMILES string of the molecule is CCc1nnc(NC(=O)C(C)Sc2nnc(-c3cc4cccc(OC)c4o3)n2C)s1. The van der Waals surface area contributed by atoms with E-state index in [1.165, 1.54) is 23.1 Å². The van der Waals surface area contributed by atoms with Crippen molar-refractivity contribution in [3.05, 3.63) is 29.3 Å². The van der Waals surface area contributed by atoms with Crippen molar-refractivity contribution in [2.24, 2.45) is 7.05 Å². The van der Waals surface area contributed by atoms with Gasteiger partial charge in [-0.15, -0.1) is 20.4 Å². The van der Waals surface area contributed by atoms with Crippen LogP contribution in [0.15, 0.2) is 33.8 Å². The molecule has 1 amide bonds. The molecule has 1 atom stereocenters. The molecule has 11 heteroatoms. The maximum Gasteiger partial charge on any atom is 0.239 e. The summed E-state index contributed by atoms with van der Waals surface area (Å²) in [7, 11) is 3.44. The van der Waals surface area contributed by atoms with E-state index >= 15 is 0 Å². The van der Waals surface area contributed by atoms with Gasteiger partial charge in [0, 0.05) is 12.4 Å². The van der Waals surface area contributed by atoms with Gasteiger partial charge in [0.05, 0.1) is 12.4 Å². The van der Waals surface area contributed by atoms with Crippen LogP contribution in [-0.2, 0) is 18.3 Å². The monoisotopic (exact) mass is 444 g/mol. The highest BCUT2D eigenvalue weighted by atomic mass is 32.2. The Morgan fingerprint density at radius 3 is 2.90 bits per heavy atom. The molecule has 3 heterocycles. The number of methoxy groups -OCH3 is 1. The fraction of sp³-hybridized carbons (Fsp3) is 0.316. The van der Waals surface area contributed by atoms with Crippen LogP contribution in [0.3, 0.4) is 0 Å². The maximum atomic E-state index is 12.5. The molecule has 1 aromatic carbocycles. The molecule has 0 saturated heterocycles. The topological polar surface area (TPSA) is 108 Å². The largest absolute Gasteiger partial charge is 0.493 e. The number of aromatic nitrogens is 5. The van der Waals surface area contributed by atoms with E-state index in [2.05, 4.69) is 25.7 Å². The fourth-order valence-corrected chi connectivity index (χ4v) is 4.30. The molecule has 0 saturated carbocycles. The Bertz CT molecular complexity index is 1200. The number of nitrogens with one attached hydrogen (secondary N) is 1. The number of carbonyl (C=O) groups is 1. The van der Waals surface area contributed by atoms with E-state index in [0.717, 1.165) is 16.8 Å². The Kier molecular flexibility index (Phi) is 5.73. The van der Waals surface area contributed by atoms with E-state index in [9.17, 15) is 4.79 Å². The molecule has 1 unspecified atom stereocenters. The lowest BCUT2D eigenvalue weighted by Crippen LogP contribution is -2.22. The zero-order chi connectivity index (χ0) is 21.3. The number of hydrogen-bond donors (Lipinski definition) is 1. The van der Waals surface area contributed by atoms with Crippen molar-refractivity contribution in [3.63, 3.8) is 0 Å². The Balaban J connectivity index is 1.51.